The molecule has 0 bridgehead atoms. The van der Waals surface area contributed by atoms with E-state index in [1.54, 1.807) is 19.9 Å². The van der Waals surface area contributed by atoms with E-state index in [2.05, 4.69) is 0 Å². The van der Waals surface area contributed by atoms with Crippen molar-refractivity contribution in [3.63, 3.8) is 0 Å². The molecule has 0 radical (unpaired) electrons. The maximum atomic E-state index is 12.7. The second-order valence-electron chi connectivity index (χ2n) is 4.63. The van der Waals surface area contributed by atoms with Crippen molar-refractivity contribution in [1.82, 2.24) is 0 Å². The summed E-state index contributed by atoms with van der Waals surface area (Å²) in [6.07, 6.45) is 0. The Balaban J connectivity index is 2.54. The van der Waals surface area contributed by atoms with Gasteiger partial charge in [-0.1, -0.05) is 6.07 Å². The molecule has 0 aliphatic carbocycles. The molecular formula is C15H17NO4S. The first-order valence-corrected chi connectivity index (χ1v) is 7.91. The van der Waals surface area contributed by atoms with Crippen molar-refractivity contribution in [1.29, 1.82) is 0 Å². The lowest BCUT2D eigenvalue weighted by atomic mass is 10.2. The number of aromatic hydroxyl groups is 2. The number of sulfonamides is 1. The van der Waals surface area contributed by atoms with Gasteiger partial charge in [-0.2, -0.15) is 0 Å². The zero-order valence-electron chi connectivity index (χ0n) is 11.8. The van der Waals surface area contributed by atoms with Crippen LogP contribution in [-0.2, 0) is 10.0 Å². The van der Waals surface area contributed by atoms with Gasteiger partial charge in [-0.15, -0.1) is 0 Å². The molecule has 6 heteroatoms. The van der Waals surface area contributed by atoms with Crippen LogP contribution in [-0.4, -0.2) is 25.2 Å². The van der Waals surface area contributed by atoms with Crippen LogP contribution in [0.2, 0.25) is 0 Å². The number of hydrogen-bond acceptors (Lipinski definition) is 4. The van der Waals surface area contributed by atoms with Gasteiger partial charge in [0.1, 0.15) is 11.5 Å². The zero-order chi connectivity index (χ0) is 15.6. The molecule has 0 atom stereocenters. The summed E-state index contributed by atoms with van der Waals surface area (Å²) in [6, 6.07) is 9.97. The highest BCUT2D eigenvalue weighted by atomic mass is 32.2. The van der Waals surface area contributed by atoms with Gasteiger partial charge in [0.05, 0.1) is 10.6 Å². The summed E-state index contributed by atoms with van der Waals surface area (Å²) in [5.41, 5.74) is 1.18. The van der Waals surface area contributed by atoms with Gasteiger partial charge >= 0.3 is 0 Å². The monoisotopic (exact) mass is 307 g/mol. The summed E-state index contributed by atoms with van der Waals surface area (Å²) in [7, 11) is -3.75. The van der Waals surface area contributed by atoms with E-state index < -0.39 is 10.0 Å². The van der Waals surface area contributed by atoms with Gasteiger partial charge in [0.2, 0.25) is 0 Å². The molecule has 0 aliphatic heterocycles. The molecule has 2 N–H and O–H groups in total. The molecule has 0 unspecified atom stereocenters. The Labute approximate surface area is 124 Å². The number of rotatable bonds is 4. The Kier molecular flexibility index (Phi) is 4.09. The number of hydrogen-bond donors (Lipinski definition) is 2. The van der Waals surface area contributed by atoms with E-state index in [0.29, 0.717) is 5.69 Å². The summed E-state index contributed by atoms with van der Waals surface area (Å²) < 4.78 is 26.6. The van der Waals surface area contributed by atoms with Crippen molar-refractivity contribution in [2.75, 3.05) is 10.8 Å². The minimum Gasteiger partial charge on any atom is -0.508 e. The highest BCUT2D eigenvalue weighted by molar-refractivity contribution is 7.92. The number of benzene rings is 2. The molecular weight excluding hydrogens is 290 g/mol. The maximum absolute atomic E-state index is 12.7. The number of phenols is 2. The predicted octanol–water partition coefficient (Wildman–Crippen LogP) is 2.62. The highest BCUT2D eigenvalue weighted by Gasteiger charge is 2.25. The van der Waals surface area contributed by atoms with E-state index in [9.17, 15) is 18.6 Å². The summed E-state index contributed by atoms with van der Waals surface area (Å²) in [5.74, 6) is 0.0143. The second kappa shape index (κ2) is 5.65. The minimum atomic E-state index is -3.75. The first kappa shape index (κ1) is 15.2. The molecule has 0 fully saturated rings. The number of aryl methyl sites for hydroxylation is 1. The minimum absolute atomic E-state index is 0.00512. The Bertz CT molecular complexity index is 739. The summed E-state index contributed by atoms with van der Waals surface area (Å²) in [4.78, 5) is 0.0879. The van der Waals surface area contributed by atoms with Crippen LogP contribution < -0.4 is 4.31 Å². The molecule has 21 heavy (non-hydrogen) atoms. The van der Waals surface area contributed by atoms with Crippen molar-refractivity contribution < 1.29 is 18.6 Å². The van der Waals surface area contributed by atoms with Crippen LogP contribution in [0.15, 0.2) is 47.4 Å². The van der Waals surface area contributed by atoms with Gasteiger partial charge in [-0.25, -0.2) is 8.42 Å². The number of nitrogens with zero attached hydrogens (tertiary/aromatic N) is 1. The lowest BCUT2D eigenvalue weighted by Crippen LogP contribution is -2.31. The lowest BCUT2D eigenvalue weighted by molar-refractivity contribution is 0.474. The van der Waals surface area contributed by atoms with Crippen LogP contribution in [0, 0.1) is 6.92 Å². The lowest BCUT2D eigenvalue weighted by Gasteiger charge is -2.24. The van der Waals surface area contributed by atoms with Crippen molar-refractivity contribution in [3.8, 4) is 11.5 Å². The van der Waals surface area contributed by atoms with Crippen molar-refractivity contribution in [2.24, 2.45) is 0 Å². The van der Waals surface area contributed by atoms with Gasteiger partial charge in [0, 0.05) is 12.6 Å². The van der Waals surface area contributed by atoms with Crippen molar-refractivity contribution in [2.45, 2.75) is 18.7 Å². The normalized spacial score (nSPS) is 11.3. The Morgan fingerprint density at radius 2 is 1.57 bits per heavy atom. The first-order chi connectivity index (χ1) is 9.86. The summed E-state index contributed by atoms with van der Waals surface area (Å²) in [5, 5.41) is 18.9. The molecule has 0 saturated carbocycles. The Hall–Kier alpha value is -2.21. The van der Waals surface area contributed by atoms with E-state index in [0.717, 1.165) is 5.56 Å². The molecule has 5 nitrogen and oxygen atoms in total. The molecule has 2 aromatic carbocycles. The molecule has 0 spiro atoms. The SMILES string of the molecule is CCN(c1cc(O)ccc1C)S(=O)(=O)c1ccc(O)cc1. The van der Waals surface area contributed by atoms with Crippen LogP contribution in [0.25, 0.3) is 0 Å². The maximum Gasteiger partial charge on any atom is 0.264 e. The fourth-order valence-electron chi connectivity index (χ4n) is 2.08. The van der Waals surface area contributed by atoms with Crippen LogP contribution in [0.5, 0.6) is 11.5 Å². The Morgan fingerprint density at radius 1 is 1.00 bits per heavy atom. The van der Waals surface area contributed by atoms with E-state index in [1.165, 1.54) is 40.7 Å². The largest absolute Gasteiger partial charge is 0.508 e. The highest BCUT2D eigenvalue weighted by Crippen LogP contribution is 2.30. The number of phenolic OH excluding ortho intramolecular Hbond substituents is 2. The van der Waals surface area contributed by atoms with Crippen LogP contribution >= 0.6 is 0 Å². The average molecular weight is 307 g/mol. The molecule has 0 heterocycles. The third-order valence-corrected chi connectivity index (χ3v) is 5.08. The third kappa shape index (κ3) is 2.95. The number of anilines is 1. The zero-order valence-corrected chi connectivity index (χ0v) is 12.6. The Morgan fingerprint density at radius 3 is 2.14 bits per heavy atom. The molecule has 2 rings (SSSR count). The predicted molar refractivity (Wildman–Crippen MR) is 81.2 cm³/mol. The third-order valence-electron chi connectivity index (χ3n) is 3.17. The van der Waals surface area contributed by atoms with E-state index in [1.807, 2.05) is 0 Å². The van der Waals surface area contributed by atoms with Crippen LogP contribution in [0.1, 0.15) is 12.5 Å². The van der Waals surface area contributed by atoms with Gasteiger partial charge < -0.3 is 10.2 Å². The van der Waals surface area contributed by atoms with Crippen LogP contribution in [0.4, 0.5) is 5.69 Å². The molecule has 0 saturated heterocycles. The van der Waals surface area contributed by atoms with E-state index in [4.69, 9.17) is 0 Å². The molecule has 0 aliphatic rings. The fourth-order valence-corrected chi connectivity index (χ4v) is 3.61. The topological polar surface area (TPSA) is 77.8 Å². The average Bonchev–Trinajstić information content (AvgIpc) is 2.43. The smallest absolute Gasteiger partial charge is 0.264 e. The first-order valence-electron chi connectivity index (χ1n) is 6.47. The van der Waals surface area contributed by atoms with E-state index in [-0.39, 0.29) is 22.9 Å². The van der Waals surface area contributed by atoms with Gasteiger partial charge in [0.15, 0.2) is 0 Å². The van der Waals surface area contributed by atoms with Gasteiger partial charge in [-0.3, -0.25) is 4.31 Å². The van der Waals surface area contributed by atoms with E-state index >= 15 is 0 Å². The standard InChI is InChI=1S/C15H17NO4S/c1-3-16(15-10-13(18)5-4-11(15)2)21(19,20)14-8-6-12(17)7-9-14/h4-10,17-18H,3H2,1-2H3. The molecule has 2 aromatic rings. The summed E-state index contributed by atoms with van der Waals surface area (Å²) >= 11 is 0. The van der Waals surface area contributed by atoms with Crippen LogP contribution in [0.3, 0.4) is 0 Å². The summed E-state index contributed by atoms with van der Waals surface area (Å²) in [6.45, 7) is 3.73. The molecule has 112 valence electrons. The van der Waals surface area contributed by atoms with Crippen molar-refractivity contribution in [3.05, 3.63) is 48.0 Å². The quantitative estimate of drug-likeness (QED) is 0.910. The van der Waals surface area contributed by atoms with Gasteiger partial charge in [0.25, 0.3) is 10.0 Å². The fraction of sp³-hybridized carbons (Fsp3) is 0.200. The van der Waals surface area contributed by atoms with Gasteiger partial charge in [-0.05, 0) is 49.7 Å². The molecule has 0 amide bonds. The van der Waals surface area contributed by atoms with Crippen molar-refractivity contribution >= 4 is 15.7 Å². The second-order valence-corrected chi connectivity index (χ2v) is 6.50. The molecule has 0 aromatic heterocycles.